The van der Waals surface area contributed by atoms with Gasteiger partial charge in [0.2, 0.25) is 0 Å². The Kier molecular flexibility index (Phi) is 3.99. The first-order chi connectivity index (χ1) is 8.70. The molecule has 0 spiro atoms. The molecule has 0 bridgehead atoms. The molecule has 1 unspecified atom stereocenters. The van der Waals surface area contributed by atoms with Crippen LogP contribution in [0.2, 0.25) is 0 Å². The smallest absolute Gasteiger partial charge is 0.261 e. The van der Waals surface area contributed by atoms with Crippen LogP contribution in [0.5, 0.6) is 5.75 Å². The van der Waals surface area contributed by atoms with Crippen LogP contribution in [-0.2, 0) is 0 Å². The number of rotatable bonds is 4. The van der Waals surface area contributed by atoms with Gasteiger partial charge >= 0.3 is 0 Å². The Morgan fingerprint density at radius 3 is 2.56 bits per heavy atom. The zero-order valence-electron chi connectivity index (χ0n) is 10.3. The number of benzene rings is 1. The highest BCUT2D eigenvalue weighted by atomic mass is 32.1. The first-order valence-electron chi connectivity index (χ1n) is 5.69. The van der Waals surface area contributed by atoms with Gasteiger partial charge in [0.1, 0.15) is 5.75 Å². The summed E-state index contributed by atoms with van der Waals surface area (Å²) in [4.78, 5) is 12.6. The molecule has 3 nitrogen and oxygen atoms in total. The molecule has 0 aliphatic carbocycles. The first kappa shape index (κ1) is 12.6. The average Bonchev–Trinajstić information content (AvgIpc) is 2.92. The van der Waals surface area contributed by atoms with E-state index in [9.17, 15) is 4.79 Å². The lowest BCUT2D eigenvalue weighted by atomic mass is 10.1. The minimum atomic E-state index is -0.0340. The highest BCUT2D eigenvalue weighted by Gasteiger charge is 2.11. The van der Waals surface area contributed by atoms with Gasteiger partial charge in [0, 0.05) is 0 Å². The molecule has 0 saturated carbocycles. The molecule has 1 N–H and O–H groups in total. The zero-order chi connectivity index (χ0) is 13.0. The largest absolute Gasteiger partial charge is 0.497 e. The Hall–Kier alpha value is -1.81. The Labute approximate surface area is 110 Å². The third-order valence-corrected chi connectivity index (χ3v) is 3.58. The number of thiophene rings is 1. The Balaban J connectivity index is 2.02. The molecular weight excluding hydrogens is 246 g/mol. The third-order valence-electron chi connectivity index (χ3n) is 2.71. The maximum atomic E-state index is 11.9. The lowest BCUT2D eigenvalue weighted by molar-refractivity contribution is 0.0944. The van der Waals surface area contributed by atoms with Crippen molar-refractivity contribution in [3.05, 3.63) is 52.2 Å². The fourth-order valence-corrected chi connectivity index (χ4v) is 2.28. The van der Waals surface area contributed by atoms with Crippen molar-refractivity contribution in [2.45, 2.75) is 13.0 Å². The van der Waals surface area contributed by atoms with E-state index in [0.29, 0.717) is 0 Å². The van der Waals surface area contributed by atoms with E-state index in [1.54, 1.807) is 7.11 Å². The summed E-state index contributed by atoms with van der Waals surface area (Å²) >= 11 is 1.44. The van der Waals surface area contributed by atoms with Gasteiger partial charge in [-0.05, 0) is 36.1 Å². The summed E-state index contributed by atoms with van der Waals surface area (Å²) in [5.41, 5.74) is 1.06. The molecule has 1 aromatic carbocycles. The molecule has 2 aromatic rings. The second-order valence-corrected chi connectivity index (χ2v) is 4.89. The molecule has 1 atom stereocenters. The molecule has 0 fully saturated rings. The van der Waals surface area contributed by atoms with Crippen LogP contribution in [0.25, 0.3) is 0 Å². The Morgan fingerprint density at radius 2 is 2.00 bits per heavy atom. The van der Waals surface area contributed by atoms with Crippen LogP contribution in [0.1, 0.15) is 28.2 Å². The fourth-order valence-electron chi connectivity index (χ4n) is 1.65. The van der Waals surface area contributed by atoms with E-state index < -0.39 is 0 Å². The van der Waals surface area contributed by atoms with Crippen molar-refractivity contribution in [1.82, 2.24) is 5.32 Å². The fraction of sp³-hybridized carbons (Fsp3) is 0.214. The van der Waals surface area contributed by atoms with Crippen molar-refractivity contribution in [2.75, 3.05) is 7.11 Å². The molecule has 0 saturated heterocycles. The lowest BCUT2D eigenvalue weighted by Gasteiger charge is -2.14. The molecule has 94 valence electrons. The molecule has 4 heteroatoms. The van der Waals surface area contributed by atoms with Crippen molar-refractivity contribution in [2.24, 2.45) is 0 Å². The minimum Gasteiger partial charge on any atom is -0.497 e. The predicted molar refractivity (Wildman–Crippen MR) is 73.2 cm³/mol. The summed E-state index contributed by atoms with van der Waals surface area (Å²) in [6.07, 6.45) is 0. The van der Waals surface area contributed by atoms with Gasteiger partial charge in [0.05, 0.1) is 18.0 Å². The quantitative estimate of drug-likeness (QED) is 0.917. The standard InChI is InChI=1S/C14H15NO2S/c1-10(11-5-7-12(17-2)8-6-11)15-14(16)13-4-3-9-18-13/h3-10H,1-2H3,(H,15,16). The van der Waals surface area contributed by atoms with Crippen LogP contribution in [0.3, 0.4) is 0 Å². The van der Waals surface area contributed by atoms with Gasteiger partial charge in [0.15, 0.2) is 0 Å². The molecule has 1 amide bonds. The van der Waals surface area contributed by atoms with Crippen molar-refractivity contribution < 1.29 is 9.53 Å². The summed E-state index contributed by atoms with van der Waals surface area (Å²) < 4.78 is 5.10. The number of carbonyl (C=O) groups is 1. The second kappa shape index (κ2) is 5.69. The summed E-state index contributed by atoms with van der Waals surface area (Å²) in [5, 5.41) is 4.86. The van der Waals surface area contributed by atoms with E-state index in [0.717, 1.165) is 16.2 Å². The number of hydrogen-bond donors (Lipinski definition) is 1. The molecular formula is C14H15NO2S. The van der Waals surface area contributed by atoms with Gasteiger partial charge in [-0.25, -0.2) is 0 Å². The number of methoxy groups -OCH3 is 1. The van der Waals surface area contributed by atoms with E-state index in [4.69, 9.17) is 4.74 Å². The van der Waals surface area contributed by atoms with Crippen LogP contribution < -0.4 is 10.1 Å². The van der Waals surface area contributed by atoms with Gasteiger partial charge in [-0.1, -0.05) is 18.2 Å². The maximum Gasteiger partial charge on any atom is 0.261 e. The number of nitrogens with one attached hydrogen (secondary N) is 1. The zero-order valence-corrected chi connectivity index (χ0v) is 11.2. The number of ether oxygens (including phenoxy) is 1. The monoisotopic (exact) mass is 261 g/mol. The van der Waals surface area contributed by atoms with E-state index in [2.05, 4.69) is 5.32 Å². The summed E-state index contributed by atoms with van der Waals surface area (Å²) in [6.45, 7) is 1.97. The van der Waals surface area contributed by atoms with Crippen molar-refractivity contribution >= 4 is 17.2 Å². The third kappa shape index (κ3) is 2.90. The van der Waals surface area contributed by atoms with Crippen molar-refractivity contribution in [3.63, 3.8) is 0 Å². The van der Waals surface area contributed by atoms with Crippen molar-refractivity contribution in [1.29, 1.82) is 0 Å². The van der Waals surface area contributed by atoms with Gasteiger partial charge in [0.25, 0.3) is 5.91 Å². The van der Waals surface area contributed by atoms with E-state index in [1.165, 1.54) is 11.3 Å². The molecule has 18 heavy (non-hydrogen) atoms. The van der Waals surface area contributed by atoms with Crippen molar-refractivity contribution in [3.8, 4) is 5.75 Å². The average molecular weight is 261 g/mol. The minimum absolute atomic E-state index is 0.0227. The first-order valence-corrected chi connectivity index (χ1v) is 6.57. The number of amides is 1. The van der Waals surface area contributed by atoms with Gasteiger partial charge < -0.3 is 10.1 Å². The van der Waals surface area contributed by atoms with Crippen LogP contribution in [0.4, 0.5) is 0 Å². The highest BCUT2D eigenvalue weighted by Crippen LogP contribution is 2.18. The van der Waals surface area contributed by atoms with Gasteiger partial charge in [-0.3, -0.25) is 4.79 Å². The topological polar surface area (TPSA) is 38.3 Å². The lowest BCUT2D eigenvalue weighted by Crippen LogP contribution is -2.25. The highest BCUT2D eigenvalue weighted by molar-refractivity contribution is 7.12. The Morgan fingerprint density at radius 1 is 1.28 bits per heavy atom. The summed E-state index contributed by atoms with van der Waals surface area (Å²) in [7, 11) is 1.64. The molecule has 1 aromatic heterocycles. The number of carbonyl (C=O) groups excluding carboxylic acids is 1. The van der Waals surface area contributed by atoms with E-state index >= 15 is 0 Å². The molecule has 0 radical (unpaired) electrons. The molecule has 0 aliphatic rings. The number of hydrogen-bond acceptors (Lipinski definition) is 3. The normalized spacial score (nSPS) is 11.9. The van der Waals surface area contributed by atoms with Gasteiger partial charge in [-0.15, -0.1) is 11.3 Å². The van der Waals surface area contributed by atoms with Crippen LogP contribution >= 0.6 is 11.3 Å². The molecule has 2 rings (SSSR count). The predicted octanol–water partition coefficient (Wildman–Crippen LogP) is 3.25. The summed E-state index contributed by atoms with van der Waals surface area (Å²) in [5.74, 6) is 0.781. The molecule has 0 aliphatic heterocycles. The van der Waals surface area contributed by atoms with Crippen LogP contribution in [0, 0.1) is 0 Å². The van der Waals surface area contributed by atoms with Crippen LogP contribution in [-0.4, -0.2) is 13.0 Å². The Bertz CT molecular complexity index is 505. The SMILES string of the molecule is COc1ccc(C(C)NC(=O)c2cccs2)cc1. The molecule has 1 heterocycles. The van der Waals surface area contributed by atoms with Crippen LogP contribution in [0.15, 0.2) is 41.8 Å². The van der Waals surface area contributed by atoms with E-state index in [-0.39, 0.29) is 11.9 Å². The van der Waals surface area contributed by atoms with E-state index in [1.807, 2.05) is 48.7 Å². The van der Waals surface area contributed by atoms with Gasteiger partial charge in [-0.2, -0.15) is 0 Å². The second-order valence-electron chi connectivity index (χ2n) is 3.95. The maximum absolute atomic E-state index is 11.9. The summed E-state index contributed by atoms with van der Waals surface area (Å²) in [6, 6.07) is 11.4.